The first-order valence-electron chi connectivity index (χ1n) is 8.80. The van der Waals surface area contributed by atoms with Gasteiger partial charge < -0.3 is 9.47 Å². The van der Waals surface area contributed by atoms with E-state index in [0.717, 1.165) is 19.3 Å². The number of halogens is 3. The maximum absolute atomic E-state index is 13.7. The molecule has 0 aromatic carbocycles. The van der Waals surface area contributed by atoms with Gasteiger partial charge in [0.2, 0.25) is 5.88 Å². The van der Waals surface area contributed by atoms with Gasteiger partial charge in [0.25, 0.3) is 0 Å². The molecule has 0 aliphatic carbocycles. The fourth-order valence-electron chi connectivity index (χ4n) is 2.63. The zero-order valence-electron chi connectivity index (χ0n) is 17.0. The third-order valence-electron chi connectivity index (χ3n) is 3.95. The summed E-state index contributed by atoms with van der Waals surface area (Å²) in [6.07, 6.45) is -3.14. The molecule has 29 heavy (non-hydrogen) atoms. The Morgan fingerprint density at radius 3 is 2.28 bits per heavy atom. The first-order valence-corrected chi connectivity index (χ1v) is 8.80. The number of alkyl halides is 3. The molecule has 0 saturated carbocycles. The number of ether oxygens (including phenoxy) is 2. The Morgan fingerprint density at radius 2 is 1.79 bits per heavy atom. The molecule has 0 aliphatic heterocycles. The molecule has 0 atom stereocenters. The van der Waals surface area contributed by atoms with E-state index in [1.165, 1.54) is 11.6 Å². The van der Waals surface area contributed by atoms with E-state index in [-0.39, 0.29) is 23.7 Å². The number of rotatable bonds is 5. The summed E-state index contributed by atoms with van der Waals surface area (Å²) in [5.41, 5.74) is -2.44. The van der Waals surface area contributed by atoms with Crippen LogP contribution in [0.5, 0.6) is 11.6 Å². The summed E-state index contributed by atoms with van der Waals surface area (Å²) in [6.45, 7) is 9.48. The predicted octanol–water partition coefficient (Wildman–Crippen LogP) is 4.53. The smallest absolute Gasteiger partial charge is 0.420 e. The Bertz CT molecular complexity index is 943. The standard InChI is InChI=1S/C19H22F3N3O4/c1-7-28-17(27)15-10(2)16(25(24-15)18(4,5)6)29-13-9-23-8-12(11(3)26)14(13)19(20,21)22/h8-9H,7H2,1-6H3. The number of pyridine rings is 1. The number of esters is 1. The van der Waals surface area contributed by atoms with E-state index in [4.69, 9.17) is 9.47 Å². The van der Waals surface area contributed by atoms with Crippen LogP contribution >= 0.6 is 0 Å². The van der Waals surface area contributed by atoms with Crippen molar-refractivity contribution in [2.24, 2.45) is 0 Å². The molecule has 2 aromatic heterocycles. The molecule has 2 rings (SSSR count). The summed E-state index contributed by atoms with van der Waals surface area (Å²) in [6, 6.07) is 0. The highest BCUT2D eigenvalue weighted by molar-refractivity contribution is 5.96. The summed E-state index contributed by atoms with van der Waals surface area (Å²) in [5, 5.41) is 4.19. The lowest BCUT2D eigenvalue weighted by atomic mass is 10.1. The number of ketones is 1. The van der Waals surface area contributed by atoms with Crippen LogP contribution in [-0.4, -0.2) is 33.1 Å². The van der Waals surface area contributed by atoms with Crippen molar-refractivity contribution >= 4 is 11.8 Å². The average Bonchev–Trinajstić information content (AvgIpc) is 2.91. The SMILES string of the molecule is CCOC(=O)c1nn(C(C)(C)C)c(Oc2cncc(C(C)=O)c2C(F)(F)F)c1C. The second kappa shape index (κ2) is 7.84. The molecule has 0 unspecified atom stereocenters. The quantitative estimate of drug-likeness (QED) is 0.529. The first kappa shape index (κ1) is 22.4. The van der Waals surface area contributed by atoms with E-state index >= 15 is 0 Å². The van der Waals surface area contributed by atoms with Crippen LogP contribution in [0.4, 0.5) is 13.2 Å². The number of carbonyl (C=O) groups is 2. The summed E-state index contributed by atoms with van der Waals surface area (Å²) in [5.74, 6) is -2.25. The van der Waals surface area contributed by atoms with Crippen molar-refractivity contribution in [3.63, 3.8) is 0 Å². The molecule has 10 heteroatoms. The maximum atomic E-state index is 13.7. The highest BCUT2D eigenvalue weighted by Gasteiger charge is 2.40. The van der Waals surface area contributed by atoms with E-state index in [0.29, 0.717) is 0 Å². The topological polar surface area (TPSA) is 83.3 Å². The fourth-order valence-corrected chi connectivity index (χ4v) is 2.63. The van der Waals surface area contributed by atoms with E-state index < -0.39 is 40.3 Å². The molecule has 7 nitrogen and oxygen atoms in total. The molecule has 0 radical (unpaired) electrons. The Hall–Kier alpha value is -2.91. The van der Waals surface area contributed by atoms with Crippen LogP contribution in [0.15, 0.2) is 12.4 Å². The normalized spacial score (nSPS) is 12.0. The van der Waals surface area contributed by atoms with Gasteiger partial charge >= 0.3 is 12.1 Å². The number of hydrogen-bond acceptors (Lipinski definition) is 6. The molecule has 0 aliphatic rings. The van der Waals surface area contributed by atoms with Gasteiger partial charge in [-0.05, 0) is 41.5 Å². The summed E-state index contributed by atoms with van der Waals surface area (Å²) < 4.78 is 52.9. The van der Waals surface area contributed by atoms with Gasteiger partial charge in [-0.2, -0.15) is 18.3 Å². The molecule has 2 heterocycles. The van der Waals surface area contributed by atoms with E-state index in [2.05, 4.69) is 10.1 Å². The number of carbonyl (C=O) groups excluding carboxylic acids is 2. The van der Waals surface area contributed by atoms with Crippen LogP contribution in [0, 0.1) is 6.92 Å². The Morgan fingerprint density at radius 1 is 1.17 bits per heavy atom. The van der Waals surface area contributed by atoms with Crippen LogP contribution in [-0.2, 0) is 16.5 Å². The van der Waals surface area contributed by atoms with E-state index in [9.17, 15) is 22.8 Å². The molecule has 0 saturated heterocycles. The molecule has 158 valence electrons. The van der Waals surface area contributed by atoms with Crippen molar-refractivity contribution < 1.29 is 32.2 Å². The van der Waals surface area contributed by atoms with Crippen LogP contribution in [0.25, 0.3) is 0 Å². The van der Waals surface area contributed by atoms with Gasteiger partial charge in [-0.15, -0.1) is 0 Å². The third kappa shape index (κ3) is 4.57. The molecular formula is C19H22F3N3O4. The molecular weight excluding hydrogens is 391 g/mol. The molecule has 0 N–H and O–H groups in total. The largest absolute Gasteiger partial charge is 0.461 e. The van der Waals surface area contributed by atoms with Gasteiger partial charge in [0, 0.05) is 11.8 Å². The first-order chi connectivity index (χ1) is 13.3. The Balaban J connectivity index is 2.70. The van der Waals surface area contributed by atoms with Crippen LogP contribution < -0.4 is 4.74 Å². The maximum Gasteiger partial charge on any atom is 0.420 e. The lowest BCUT2D eigenvalue weighted by Crippen LogP contribution is -2.24. The van der Waals surface area contributed by atoms with Crippen molar-refractivity contribution in [1.82, 2.24) is 14.8 Å². The Labute approximate surface area is 165 Å². The van der Waals surface area contributed by atoms with Crippen LogP contribution in [0.3, 0.4) is 0 Å². The van der Waals surface area contributed by atoms with Gasteiger partial charge in [0.15, 0.2) is 17.2 Å². The van der Waals surface area contributed by atoms with Gasteiger partial charge in [-0.1, -0.05) is 0 Å². The zero-order chi connectivity index (χ0) is 22.1. The van der Waals surface area contributed by atoms with Crippen LogP contribution in [0.2, 0.25) is 0 Å². The van der Waals surface area contributed by atoms with Crippen LogP contribution in [0.1, 0.15) is 66.6 Å². The summed E-state index contributed by atoms with van der Waals surface area (Å²) in [4.78, 5) is 27.6. The molecule has 0 bridgehead atoms. The number of aromatic nitrogens is 3. The third-order valence-corrected chi connectivity index (χ3v) is 3.95. The fraction of sp³-hybridized carbons (Fsp3) is 0.474. The zero-order valence-corrected chi connectivity index (χ0v) is 17.0. The monoisotopic (exact) mass is 413 g/mol. The number of hydrogen-bond donors (Lipinski definition) is 0. The second-order valence-electron chi connectivity index (χ2n) is 7.30. The van der Waals surface area contributed by atoms with Crippen molar-refractivity contribution in [3.05, 3.63) is 34.8 Å². The highest BCUT2D eigenvalue weighted by Crippen LogP contribution is 2.41. The van der Waals surface area contributed by atoms with E-state index in [1.807, 2.05) is 0 Å². The summed E-state index contributed by atoms with van der Waals surface area (Å²) >= 11 is 0. The van der Waals surface area contributed by atoms with Crippen molar-refractivity contribution in [1.29, 1.82) is 0 Å². The average molecular weight is 413 g/mol. The van der Waals surface area contributed by atoms with Crippen molar-refractivity contribution in [2.75, 3.05) is 6.61 Å². The Kier molecular flexibility index (Phi) is 6.05. The van der Waals surface area contributed by atoms with Gasteiger partial charge in [0.1, 0.15) is 5.56 Å². The van der Waals surface area contributed by atoms with Gasteiger partial charge in [-0.25, -0.2) is 9.48 Å². The van der Waals surface area contributed by atoms with Crippen molar-refractivity contribution in [3.8, 4) is 11.6 Å². The lowest BCUT2D eigenvalue weighted by molar-refractivity contribution is -0.139. The number of Topliss-reactive ketones (excluding diaryl/α,β-unsaturated/α-hetero) is 1. The molecule has 2 aromatic rings. The number of nitrogens with zero attached hydrogens (tertiary/aromatic N) is 3. The minimum absolute atomic E-state index is 0.0685. The van der Waals surface area contributed by atoms with Gasteiger partial charge in [-0.3, -0.25) is 9.78 Å². The predicted molar refractivity (Wildman–Crippen MR) is 97.2 cm³/mol. The van der Waals surface area contributed by atoms with Gasteiger partial charge in [0.05, 0.1) is 23.9 Å². The van der Waals surface area contributed by atoms with E-state index in [1.54, 1.807) is 27.7 Å². The molecule has 0 spiro atoms. The molecule has 0 amide bonds. The molecule has 0 fully saturated rings. The highest BCUT2D eigenvalue weighted by atomic mass is 19.4. The second-order valence-corrected chi connectivity index (χ2v) is 7.30. The van der Waals surface area contributed by atoms with Crippen molar-refractivity contribution in [2.45, 2.75) is 53.3 Å². The minimum atomic E-state index is -4.86. The minimum Gasteiger partial charge on any atom is -0.461 e. The lowest BCUT2D eigenvalue weighted by Gasteiger charge is -2.23. The summed E-state index contributed by atoms with van der Waals surface area (Å²) in [7, 11) is 0.